The van der Waals surface area contributed by atoms with E-state index in [2.05, 4.69) is 18.6 Å². The molecule has 1 saturated carbocycles. The fourth-order valence-electron chi connectivity index (χ4n) is 2.75. The molecule has 1 unspecified atom stereocenters. The van der Waals surface area contributed by atoms with Gasteiger partial charge in [0.05, 0.1) is 15.6 Å². The van der Waals surface area contributed by atoms with Crippen LogP contribution in [-0.4, -0.2) is 14.5 Å². The van der Waals surface area contributed by atoms with Gasteiger partial charge in [-0.15, -0.1) is 0 Å². The topological polar surface area (TPSA) is 72.2 Å². The summed E-state index contributed by atoms with van der Waals surface area (Å²) in [7, 11) is -3.57. The van der Waals surface area contributed by atoms with Crippen molar-refractivity contribution in [2.24, 2.45) is 5.41 Å². The van der Waals surface area contributed by atoms with Crippen LogP contribution in [0.1, 0.15) is 38.7 Å². The molecule has 3 N–H and O–H groups in total. The van der Waals surface area contributed by atoms with Crippen LogP contribution in [-0.2, 0) is 10.0 Å². The first-order chi connectivity index (χ1) is 9.13. The van der Waals surface area contributed by atoms with Gasteiger partial charge in [-0.1, -0.05) is 31.9 Å². The molecule has 112 valence electrons. The summed E-state index contributed by atoms with van der Waals surface area (Å²) in [6.45, 7) is 5.91. The second-order valence-electron chi connectivity index (χ2n) is 6.19. The summed E-state index contributed by atoms with van der Waals surface area (Å²) in [5, 5.41) is 0.377. The molecule has 1 aromatic carbocycles. The average Bonchev–Trinajstić information content (AvgIpc) is 2.62. The SMILES string of the molecule is Cc1cc(Cl)c(N)cc1S(=O)(=O)NC1CCCC1(C)C. The summed E-state index contributed by atoms with van der Waals surface area (Å²) >= 11 is 5.91. The average molecular weight is 317 g/mol. The predicted octanol–water partition coefficient (Wildman–Crippen LogP) is 3.09. The van der Waals surface area contributed by atoms with E-state index in [1.54, 1.807) is 13.0 Å². The van der Waals surface area contributed by atoms with Crippen LogP contribution in [0.25, 0.3) is 0 Å². The maximum atomic E-state index is 12.6. The molecule has 0 radical (unpaired) electrons. The van der Waals surface area contributed by atoms with Crippen molar-refractivity contribution in [3.8, 4) is 0 Å². The first-order valence-electron chi connectivity index (χ1n) is 6.71. The molecule has 1 fully saturated rings. The predicted molar refractivity (Wildman–Crippen MR) is 82.3 cm³/mol. The number of benzene rings is 1. The Balaban J connectivity index is 2.34. The molecular weight excluding hydrogens is 296 g/mol. The van der Waals surface area contributed by atoms with Crippen LogP contribution in [0.15, 0.2) is 17.0 Å². The molecule has 0 aromatic heterocycles. The number of aryl methyl sites for hydroxylation is 1. The largest absolute Gasteiger partial charge is 0.397 e. The molecular formula is C14H21ClN2O2S. The maximum Gasteiger partial charge on any atom is 0.241 e. The molecule has 1 atom stereocenters. The van der Waals surface area contributed by atoms with Crippen molar-refractivity contribution < 1.29 is 8.42 Å². The summed E-state index contributed by atoms with van der Waals surface area (Å²) < 4.78 is 27.9. The lowest BCUT2D eigenvalue weighted by Gasteiger charge is -2.27. The van der Waals surface area contributed by atoms with E-state index in [0.29, 0.717) is 10.6 Å². The molecule has 6 heteroatoms. The minimum atomic E-state index is -3.57. The third kappa shape index (κ3) is 2.95. The van der Waals surface area contributed by atoms with Crippen LogP contribution in [0.3, 0.4) is 0 Å². The number of rotatable bonds is 3. The Kier molecular flexibility index (Phi) is 4.06. The zero-order valence-electron chi connectivity index (χ0n) is 12.0. The Bertz CT molecular complexity index is 626. The smallest absolute Gasteiger partial charge is 0.241 e. The van der Waals surface area contributed by atoms with E-state index in [1.165, 1.54) is 6.07 Å². The maximum absolute atomic E-state index is 12.6. The highest BCUT2D eigenvalue weighted by Gasteiger charge is 2.37. The van der Waals surface area contributed by atoms with Crippen molar-refractivity contribution in [2.45, 2.75) is 51.0 Å². The van der Waals surface area contributed by atoms with Crippen LogP contribution >= 0.6 is 11.6 Å². The van der Waals surface area contributed by atoms with E-state index in [9.17, 15) is 8.42 Å². The molecule has 20 heavy (non-hydrogen) atoms. The number of nitrogens with two attached hydrogens (primary N) is 1. The number of anilines is 1. The molecule has 4 nitrogen and oxygen atoms in total. The summed E-state index contributed by atoms with van der Waals surface area (Å²) in [4.78, 5) is 0.210. The van der Waals surface area contributed by atoms with Crippen LogP contribution in [0.2, 0.25) is 5.02 Å². The first kappa shape index (κ1) is 15.6. The molecule has 0 aliphatic heterocycles. The Morgan fingerprint density at radius 2 is 2.05 bits per heavy atom. The highest BCUT2D eigenvalue weighted by atomic mass is 35.5. The standard InChI is InChI=1S/C14H21ClN2O2S/c1-9-7-10(15)11(16)8-12(9)20(18,19)17-13-5-4-6-14(13,2)3/h7-8,13,17H,4-6,16H2,1-3H3. The summed E-state index contributed by atoms with van der Waals surface area (Å²) in [5.74, 6) is 0. The van der Waals surface area contributed by atoms with Crippen molar-refractivity contribution in [1.29, 1.82) is 0 Å². The van der Waals surface area contributed by atoms with E-state index in [-0.39, 0.29) is 22.0 Å². The zero-order chi connectivity index (χ0) is 15.1. The molecule has 1 aliphatic carbocycles. The van der Waals surface area contributed by atoms with Gasteiger partial charge >= 0.3 is 0 Å². The number of nitrogens with one attached hydrogen (secondary N) is 1. The molecule has 0 spiro atoms. The second kappa shape index (κ2) is 5.20. The van der Waals surface area contributed by atoms with Crippen molar-refractivity contribution >= 4 is 27.3 Å². The Morgan fingerprint density at radius 1 is 1.40 bits per heavy atom. The monoisotopic (exact) mass is 316 g/mol. The molecule has 0 saturated heterocycles. The van der Waals surface area contributed by atoms with Gasteiger partial charge in [0, 0.05) is 6.04 Å². The van der Waals surface area contributed by atoms with Crippen molar-refractivity contribution in [3.05, 3.63) is 22.7 Å². The minimum Gasteiger partial charge on any atom is -0.397 e. The Labute approximate surface area is 125 Å². The normalized spacial score (nSPS) is 22.1. The fourth-order valence-corrected chi connectivity index (χ4v) is 4.68. The lowest BCUT2D eigenvalue weighted by molar-refractivity contribution is 0.313. The molecule has 1 aromatic rings. The highest BCUT2D eigenvalue weighted by Crippen LogP contribution is 2.38. The summed E-state index contributed by atoms with van der Waals surface area (Å²) in [6, 6.07) is 2.98. The van der Waals surface area contributed by atoms with Crippen molar-refractivity contribution in [3.63, 3.8) is 0 Å². The lowest BCUT2D eigenvalue weighted by Crippen LogP contribution is -2.41. The van der Waals surface area contributed by atoms with E-state index in [4.69, 9.17) is 17.3 Å². The van der Waals surface area contributed by atoms with Crippen LogP contribution in [0.4, 0.5) is 5.69 Å². The number of halogens is 1. The van der Waals surface area contributed by atoms with E-state index in [0.717, 1.165) is 19.3 Å². The van der Waals surface area contributed by atoms with Gasteiger partial charge in [-0.05, 0) is 42.9 Å². The van der Waals surface area contributed by atoms with Gasteiger partial charge in [0.25, 0.3) is 0 Å². The molecule has 0 bridgehead atoms. The Hall–Kier alpha value is -0.780. The van der Waals surface area contributed by atoms with Gasteiger partial charge in [-0.3, -0.25) is 0 Å². The Morgan fingerprint density at radius 3 is 2.60 bits per heavy atom. The number of nitrogen functional groups attached to an aromatic ring is 1. The van der Waals surface area contributed by atoms with Gasteiger partial charge in [-0.2, -0.15) is 0 Å². The lowest BCUT2D eigenvalue weighted by atomic mass is 9.88. The number of sulfonamides is 1. The molecule has 2 rings (SSSR count). The van der Waals surface area contributed by atoms with E-state index >= 15 is 0 Å². The first-order valence-corrected chi connectivity index (χ1v) is 8.57. The molecule has 1 aliphatic rings. The fraction of sp³-hybridized carbons (Fsp3) is 0.571. The van der Waals surface area contributed by atoms with Crippen molar-refractivity contribution in [2.75, 3.05) is 5.73 Å². The van der Waals surface area contributed by atoms with E-state index < -0.39 is 10.0 Å². The van der Waals surface area contributed by atoms with Gasteiger partial charge in [0.2, 0.25) is 10.0 Å². The van der Waals surface area contributed by atoms with Crippen LogP contribution < -0.4 is 10.5 Å². The van der Waals surface area contributed by atoms with Crippen LogP contribution in [0.5, 0.6) is 0 Å². The van der Waals surface area contributed by atoms with Crippen molar-refractivity contribution in [1.82, 2.24) is 4.72 Å². The zero-order valence-corrected chi connectivity index (χ0v) is 13.6. The number of hydrogen-bond donors (Lipinski definition) is 2. The van der Waals surface area contributed by atoms with Crippen LogP contribution in [0, 0.1) is 12.3 Å². The van der Waals surface area contributed by atoms with Gasteiger partial charge in [-0.25, -0.2) is 13.1 Å². The minimum absolute atomic E-state index is 0.0149. The second-order valence-corrected chi connectivity index (χ2v) is 8.28. The third-order valence-corrected chi connectivity index (χ3v) is 6.08. The molecule has 0 heterocycles. The van der Waals surface area contributed by atoms with E-state index in [1.807, 2.05) is 0 Å². The molecule has 0 amide bonds. The third-order valence-electron chi connectivity index (χ3n) is 4.14. The summed E-state index contributed by atoms with van der Waals surface area (Å²) in [5.41, 5.74) is 6.59. The quantitative estimate of drug-likeness (QED) is 0.842. The van der Waals surface area contributed by atoms with Gasteiger partial charge in [0.15, 0.2) is 0 Å². The van der Waals surface area contributed by atoms with Gasteiger partial charge < -0.3 is 5.73 Å². The highest BCUT2D eigenvalue weighted by molar-refractivity contribution is 7.89. The number of hydrogen-bond acceptors (Lipinski definition) is 3. The van der Waals surface area contributed by atoms with Gasteiger partial charge in [0.1, 0.15) is 0 Å². The summed E-state index contributed by atoms with van der Waals surface area (Å²) in [6.07, 6.45) is 2.94.